The number of pyridine rings is 1. The van der Waals surface area contributed by atoms with Gasteiger partial charge in [-0.25, -0.2) is 0 Å². The van der Waals surface area contributed by atoms with E-state index in [0.29, 0.717) is 6.54 Å². The molecule has 0 aromatic carbocycles. The lowest BCUT2D eigenvalue weighted by Gasteiger charge is -2.19. The quantitative estimate of drug-likeness (QED) is 0.797. The third kappa shape index (κ3) is 3.12. The zero-order valence-corrected chi connectivity index (χ0v) is 10.5. The lowest BCUT2D eigenvalue weighted by atomic mass is 10.2. The predicted octanol–water partition coefficient (Wildman–Crippen LogP) is 2.28. The number of hydrogen-bond acceptors (Lipinski definition) is 4. The zero-order valence-electron chi connectivity index (χ0n) is 9.67. The molecule has 0 fully saturated rings. The average Bonchev–Trinajstić information content (AvgIpc) is 2.77. The highest BCUT2D eigenvalue weighted by molar-refractivity contribution is 7.17. The zero-order chi connectivity index (χ0) is 12.1. The molecule has 0 saturated carbocycles. The number of aromatic nitrogens is 1. The molecule has 0 radical (unpaired) electrons. The fourth-order valence-electron chi connectivity index (χ4n) is 1.79. The van der Waals surface area contributed by atoms with Gasteiger partial charge in [0.1, 0.15) is 0 Å². The fourth-order valence-corrected chi connectivity index (χ4v) is 2.60. The van der Waals surface area contributed by atoms with Crippen LogP contribution < -0.4 is 0 Å². The van der Waals surface area contributed by atoms with Gasteiger partial charge in [0.2, 0.25) is 0 Å². The van der Waals surface area contributed by atoms with Crippen LogP contribution in [0.5, 0.6) is 0 Å². The molecule has 0 bridgehead atoms. The van der Waals surface area contributed by atoms with Crippen molar-refractivity contribution in [2.75, 3.05) is 19.7 Å². The number of nitrogens with zero attached hydrogens (tertiary/aromatic N) is 2. The summed E-state index contributed by atoms with van der Waals surface area (Å²) in [6, 6.07) is 4.19. The van der Waals surface area contributed by atoms with E-state index in [1.165, 1.54) is 10.3 Å². The Morgan fingerprint density at radius 1 is 1.53 bits per heavy atom. The molecule has 0 unspecified atom stereocenters. The maximum Gasteiger partial charge on any atom is 0.0809 e. The van der Waals surface area contributed by atoms with E-state index in [1.54, 1.807) is 11.3 Å². The third-order valence-corrected chi connectivity index (χ3v) is 3.42. The minimum absolute atomic E-state index is 0.169. The van der Waals surface area contributed by atoms with Crippen LogP contribution in [0.2, 0.25) is 0 Å². The number of fused-ring (bicyclic) bond motifs is 1. The summed E-state index contributed by atoms with van der Waals surface area (Å²) in [5.74, 6) is 0. The molecule has 2 aromatic rings. The smallest absolute Gasteiger partial charge is 0.0809 e. The highest BCUT2D eigenvalue weighted by Crippen LogP contribution is 2.20. The van der Waals surface area contributed by atoms with Crippen LogP contribution in [0.15, 0.2) is 36.4 Å². The van der Waals surface area contributed by atoms with E-state index in [4.69, 9.17) is 5.11 Å². The molecule has 17 heavy (non-hydrogen) atoms. The first kappa shape index (κ1) is 12.2. The number of rotatable bonds is 6. The van der Waals surface area contributed by atoms with E-state index in [-0.39, 0.29) is 6.61 Å². The van der Waals surface area contributed by atoms with Gasteiger partial charge in [0, 0.05) is 25.8 Å². The van der Waals surface area contributed by atoms with Gasteiger partial charge in [-0.15, -0.1) is 17.9 Å². The van der Waals surface area contributed by atoms with E-state index in [9.17, 15) is 0 Å². The van der Waals surface area contributed by atoms with Crippen molar-refractivity contribution >= 4 is 21.6 Å². The molecule has 2 rings (SSSR count). The normalized spacial score (nSPS) is 11.2. The van der Waals surface area contributed by atoms with Crippen LogP contribution in [0.25, 0.3) is 10.2 Å². The second kappa shape index (κ2) is 5.91. The van der Waals surface area contributed by atoms with Gasteiger partial charge in [-0.05, 0) is 23.1 Å². The molecule has 0 atom stereocenters. The Labute approximate surface area is 105 Å². The lowest BCUT2D eigenvalue weighted by Crippen LogP contribution is -2.26. The first-order valence-corrected chi connectivity index (χ1v) is 6.47. The topological polar surface area (TPSA) is 36.4 Å². The summed E-state index contributed by atoms with van der Waals surface area (Å²) in [4.78, 5) is 6.55. The molecule has 4 heteroatoms. The minimum atomic E-state index is 0.169. The van der Waals surface area contributed by atoms with E-state index < -0.39 is 0 Å². The monoisotopic (exact) mass is 248 g/mol. The molecule has 0 saturated heterocycles. The van der Waals surface area contributed by atoms with Gasteiger partial charge in [0.25, 0.3) is 0 Å². The second-order valence-corrected chi connectivity index (χ2v) is 4.84. The highest BCUT2D eigenvalue weighted by Gasteiger charge is 2.05. The first-order valence-electron chi connectivity index (χ1n) is 5.59. The SMILES string of the molecule is C=CCN(CCO)Cc1cnc2ccsc2c1. The van der Waals surface area contributed by atoms with Crippen molar-refractivity contribution in [2.45, 2.75) is 6.54 Å². The second-order valence-electron chi connectivity index (χ2n) is 3.89. The van der Waals surface area contributed by atoms with E-state index in [1.807, 2.05) is 18.3 Å². The van der Waals surface area contributed by atoms with Crippen molar-refractivity contribution in [3.05, 3.63) is 41.9 Å². The average molecular weight is 248 g/mol. The summed E-state index contributed by atoms with van der Waals surface area (Å²) in [5, 5.41) is 11.0. The van der Waals surface area contributed by atoms with Crippen LogP contribution in [0.1, 0.15) is 5.56 Å². The Balaban J connectivity index is 2.12. The molecule has 90 valence electrons. The van der Waals surface area contributed by atoms with Crippen LogP contribution in [-0.4, -0.2) is 34.7 Å². The van der Waals surface area contributed by atoms with Gasteiger partial charge in [0.15, 0.2) is 0 Å². The van der Waals surface area contributed by atoms with Crippen LogP contribution >= 0.6 is 11.3 Å². The molecule has 0 spiro atoms. The van der Waals surface area contributed by atoms with Gasteiger partial charge in [-0.2, -0.15) is 0 Å². The number of hydrogen-bond donors (Lipinski definition) is 1. The Bertz CT molecular complexity index is 495. The Morgan fingerprint density at radius 3 is 3.18 bits per heavy atom. The summed E-state index contributed by atoms with van der Waals surface area (Å²) in [5.41, 5.74) is 2.23. The minimum Gasteiger partial charge on any atom is -0.395 e. The molecule has 0 aliphatic rings. The number of aliphatic hydroxyl groups is 1. The van der Waals surface area contributed by atoms with Gasteiger partial charge >= 0.3 is 0 Å². The molecule has 1 N–H and O–H groups in total. The van der Waals surface area contributed by atoms with Gasteiger partial charge in [-0.1, -0.05) is 6.08 Å². The van der Waals surface area contributed by atoms with Crippen molar-refractivity contribution in [3.8, 4) is 0 Å². The van der Waals surface area contributed by atoms with E-state index in [0.717, 1.165) is 18.6 Å². The van der Waals surface area contributed by atoms with Crippen LogP contribution in [0, 0.1) is 0 Å². The summed E-state index contributed by atoms with van der Waals surface area (Å²) in [7, 11) is 0. The standard InChI is InChI=1S/C13H16N2OS/c1-2-4-15(5-6-16)10-11-8-13-12(14-9-11)3-7-17-13/h2-3,7-9,16H,1,4-6,10H2. The number of thiophene rings is 1. The van der Waals surface area contributed by atoms with E-state index in [2.05, 4.69) is 27.9 Å². The molecule has 3 nitrogen and oxygen atoms in total. The van der Waals surface area contributed by atoms with Crippen molar-refractivity contribution in [1.82, 2.24) is 9.88 Å². The number of aliphatic hydroxyl groups excluding tert-OH is 1. The fraction of sp³-hybridized carbons (Fsp3) is 0.308. The first-order chi connectivity index (χ1) is 8.33. The molecular weight excluding hydrogens is 232 g/mol. The molecule has 0 aliphatic heterocycles. The summed E-state index contributed by atoms with van der Waals surface area (Å²) in [6.45, 7) is 6.14. The van der Waals surface area contributed by atoms with Crippen molar-refractivity contribution < 1.29 is 5.11 Å². The van der Waals surface area contributed by atoms with Crippen LogP contribution in [-0.2, 0) is 6.54 Å². The maximum absolute atomic E-state index is 8.99. The Hall–Kier alpha value is -1.23. The summed E-state index contributed by atoms with van der Waals surface area (Å²) in [6.07, 6.45) is 3.76. The Kier molecular flexibility index (Phi) is 4.25. The molecule has 0 amide bonds. The summed E-state index contributed by atoms with van der Waals surface area (Å²) < 4.78 is 1.21. The van der Waals surface area contributed by atoms with Crippen LogP contribution in [0.3, 0.4) is 0 Å². The summed E-state index contributed by atoms with van der Waals surface area (Å²) >= 11 is 1.70. The van der Waals surface area contributed by atoms with Gasteiger partial charge < -0.3 is 5.11 Å². The molecule has 2 aromatic heterocycles. The Morgan fingerprint density at radius 2 is 2.41 bits per heavy atom. The van der Waals surface area contributed by atoms with Crippen molar-refractivity contribution in [2.24, 2.45) is 0 Å². The van der Waals surface area contributed by atoms with E-state index >= 15 is 0 Å². The molecule has 0 aliphatic carbocycles. The van der Waals surface area contributed by atoms with Crippen molar-refractivity contribution in [3.63, 3.8) is 0 Å². The van der Waals surface area contributed by atoms with Gasteiger partial charge in [0.05, 0.1) is 16.8 Å². The maximum atomic E-state index is 8.99. The van der Waals surface area contributed by atoms with Gasteiger partial charge in [-0.3, -0.25) is 9.88 Å². The van der Waals surface area contributed by atoms with Crippen molar-refractivity contribution in [1.29, 1.82) is 0 Å². The molecule has 2 heterocycles. The highest BCUT2D eigenvalue weighted by atomic mass is 32.1. The molecular formula is C13H16N2OS. The third-order valence-electron chi connectivity index (χ3n) is 2.57. The predicted molar refractivity (Wildman–Crippen MR) is 72.2 cm³/mol. The largest absolute Gasteiger partial charge is 0.395 e. The van der Waals surface area contributed by atoms with Crippen LogP contribution in [0.4, 0.5) is 0 Å². The lowest BCUT2D eigenvalue weighted by molar-refractivity contribution is 0.203.